The number of aromatic amines is 1. The molecule has 7 heteroatoms. The summed E-state index contributed by atoms with van der Waals surface area (Å²) < 4.78 is 0.378. The SMILES string of the molecule is O=C(O)c1nc2c(sc3nc(-c4ccccc4)ccc32)c(=O)[nH]1. The van der Waals surface area contributed by atoms with Crippen molar-refractivity contribution < 1.29 is 9.90 Å². The minimum Gasteiger partial charge on any atom is -0.475 e. The highest BCUT2D eigenvalue weighted by atomic mass is 32.1. The Hall–Kier alpha value is -3.06. The van der Waals surface area contributed by atoms with Crippen LogP contribution in [0.3, 0.4) is 0 Å². The van der Waals surface area contributed by atoms with Gasteiger partial charge in [0.25, 0.3) is 5.56 Å². The molecule has 0 amide bonds. The van der Waals surface area contributed by atoms with Crippen LogP contribution in [-0.2, 0) is 0 Å². The van der Waals surface area contributed by atoms with E-state index in [4.69, 9.17) is 5.11 Å². The smallest absolute Gasteiger partial charge is 0.372 e. The standard InChI is InChI=1S/C16H9N3O3S/c20-14-12-11(18-13(19-14)16(21)22)9-6-7-10(17-15(9)23-12)8-4-2-1-3-5-8/h1-7H,(H,21,22)(H,18,19,20). The number of carbonyl (C=O) groups is 1. The van der Waals surface area contributed by atoms with Crippen LogP contribution >= 0.6 is 11.3 Å². The molecule has 0 bridgehead atoms. The molecular formula is C16H9N3O3S. The second-order valence-corrected chi connectivity index (χ2v) is 5.91. The van der Waals surface area contributed by atoms with Gasteiger partial charge in [0.15, 0.2) is 0 Å². The number of aromatic carboxylic acids is 1. The highest BCUT2D eigenvalue weighted by Gasteiger charge is 2.15. The highest BCUT2D eigenvalue weighted by Crippen LogP contribution is 2.31. The Balaban J connectivity index is 2.01. The van der Waals surface area contributed by atoms with Crippen LogP contribution in [0.2, 0.25) is 0 Å². The van der Waals surface area contributed by atoms with E-state index in [0.29, 0.717) is 20.4 Å². The van der Waals surface area contributed by atoms with E-state index in [0.717, 1.165) is 11.3 Å². The molecule has 4 rings (SSSR count). The van der Waals surface area contributed by atoms with E-state index in [-0.39, 0.29) is 5.82 Å². The second kappa shape index (κ2) is 4.99. The van der Waals surface area contributed by atoms with Gasteiger partial charge in [0, 0.05) is 10.9 Å². The fraction of sp³-hybridized carbons (Fsp3) is 0. The molecule has 2 N–H and O–H groups in total. The predicted octanol–water partition coefficient (Wildman–Crippen LogP) is 2.90. The molecule has 0 aliphatic heterocycles. The first kappa shape index (κ1) is 13.6. The van der Waals surface area contributed by atoms with Crippen LogP contribution in [0.25, 0.3) is 31.7 Å². The maximum atomic E-state index is 12.1. The summed E-state index contributed by atoms with van der Waals surface area (Å²) in [5.41, 5.74) is 1.68. The number of carboxylic acid groups (broad SMARTS) is 1. The average molecular weight is 323 g/mol. The lowest BCUT2D eigenvalue weighted by atomic mass is 10.1. The van der Waals surface area contributed by atoms with E-state index in [1.54, 1.807) is 0 Å². The first-order valence-electron chi connectivity index (χ1n) is 6.76. The quantitative estimate of drug-likeness (QED) is 0.591. The zero-order chi connectivity index (χ0) is 16.0. The highest BCUT2D eigenvalue weighted by molar-refractivity contribution is 7.25. The van der Waals surface area contributed by atoms with Gasteiger partial charge in [-0.3, -0.25) is 9.78 Å². The molecule has 4 aromatic rings. The molecule has 0 aliphatic carbocycles. The number of carboxylic acids is 1. The number of aromatic nitrogens is 3. The van der Waals surface area contributed by atoms with Crippen LogP contribution in [0.4, 0.5) is 0 Å². The number of rotatable bonds is 2. The van der Waals surface area contributed by atoms with Crippen molar-refractivity contribution in [3.05, 3.63) is 58.6 Å². The van der Waals surface area contributed by atoms with Crippen LogP contribution in [0.5, 0.6) is 0 Å². The molecule has 0 atom stereocenters. The fourth-order valence-electron chi connectivity index (χ4n) is 2.41. The molecule has 3 heterocycles. The maximum Gasteiger partial charge on any atom is 0.372 e. The van der Waals surface area contributed by atoms with Crippen molar-refractivity contribution in [2.24, 2.45) is 0 Å². The fourth-order valence-corrected chi connectivity index (χ4v) is 3.41. The molecular weight excluding hydrogens is 314 g/mol. The molecule has 6 nitrogen and oxygen atoms in total. The van der Waals surface area contributed by atoms with E-state index >= 15 is 0 Å². The van der Waals surface area contributed by atoms with Crippen molar-refractivity contribution in [3.8, 4) is 11.3 Å². The predicted molar refractivity (Wildman–Crippen MR) is 87.9 cm³/mol. The summed E-state index contributed by atoms with van der Waals surface area (Å²) in [7, 11) is 0. The van der Waals surface area contributed by atoms with Crippen LogP contribution in [0, 0.1) is 0 Å². The molecule has 1 aromatic carbocycles. The van der Waals surface area contributed by atoms with Crippen LogP contribution < -0.4 is 5.56 Å². The van der Waals surface area contributed by atoms with Crippen LogP contribution in [-0.4, -0.2) is 26.0 Å². The van der Waals surface area contributed by atoms with Gasteiger partial charge in [-0.25, -0.2) is 14.8 Å². The van der Waals surface area contributed by atoms with E-state index in [1.807, 2.05) is 42.5 Å². The van der Waals surface area contributed by atoms with Gasteiger partial charge in [-0.05, 0) is 12.1 Å². The van der Waals surface area contributed by atoms with Crippen LogP contribution in [0.15, 0.2) is 47.3 Å². The molecule has 0 spiro atoms. The first-order valence-corrected chi connectivity index (χ1v) is 7.57. The molecule has 0 unspecified atom stereocenters. The average Bonchev–Trinajstić information content (AvgIpc) is 2.94. The second-order valence-electron chi connectivity index (χ2n) is 4.91. The third kappa shape index (κ3) is 2.18. The summed E-state index contributed by atoms with van der Waals surface area (Å²) in [4.78, 5) is 34.6. The summed E-state index contributed by atoms with van der Waals surface area (Å²) in [5.74, 6) is -1.63. The third-order valence-electron chi connectivity index (χ3n) is 3.46. The molecule has 0 radical (unpaired) electrons. The summed E-state index contributed by atoms with van der Waals surface area (Å²) in [5, 5.41) is 9.71. The number of pyridine rings is 1. The Labute approximate surface area is 133 Å². The Morgan fingerprint density at radius 1 is 1.09 bits per heavy atom. The van der Waals surface area contributed by atoms with Gasteiger partial charge in [0.05, 0.1) is 11.2 Å². The minimum absolute atomic E-state index is 0.366. The van der Waals surface area contributed by atoms with Crippen LogP contribution in [0.1, 0.15) is 10.6 Å². The number of benzene rings is 1. The normalized spacial score (nSPS) is 11.1. The minimum atomic E-state index is -1.27. The van der Waals surface area contributed by atoms with Gasteiger partial charge in [-0.15, -0.1) is 11.3 Å². The Morgan fingerprint density at radius 2 is 1.87 bits per heavy atom. The molecule has 0 saturated heterocycles. The molecule has 3 aromatic heterocycles. The number of nitrogens with zero attached hydrogens (tertiary/aromatic N) is 2. The monoisotopic (exact) mass is 323 g/mol. The first-order chi connectivity index (χ1) is 11.1. The molecule has 0 aliphatic rings. The van der Waals surface area contributed by atoms with E-state index in [1.165, 1.54) is 11.3 Å². The summed E-state index contributed by atoms with van der Waals surface area (Å²) in [6.45, 7) is 0. The molecule has 112 valence electrons. The Kier molecular flexibility index (Phi) is 2.95. The lowest BCUT2D eigenvalue weighted by Gasteiger charge is -2.00. The largest absolute Gasteiger partial charge is 0.475 e. The number of hydrogen-bond acceptors (Lipinski definition) is 5. The van der Waals surface area contributed by atoms with Crippen molar-refractivity contribution in [1.82, 2.24) is 15.0 Å². The molecule has 23 heavy (non-hydrogen) atoms. The van der Waals surface area contributed by atoms with Crippen molar-refractivity contribution in [2.75, 3.05) is 0 Å². The third-order valence-corrected chi connectivity index (χ3v) is 4.55. The van der Waals surface area contributed by atoms with Gasteiger partial charge in [0.2, 0.25) is 5.82 Å². The van der Waals surface area contributed by atoms with Crippen molar-refractivity contribution >= 4 is 37.7 Å². The number of nitrogens with one attached hydrogen (secondary N) is 1. The zero-order valence-corrected chi connectivity index (χ0v) is 12.4. The zero-order valence-electron chi connectivity index (χ0n) is 11.6. The van der Waals surface area contributed by atoms with E-state index < -0.39 is 11.5 Å². The number of hydrogen-bond donors (Lipinski definition) is 2. The lowest BCUT2D eigenvalue weighted by molar-refractivity contribution is 0.0683. The van der Waals surface area contributed by atoms with Gasteiger partial charge < -0.3 is 5.11 Å². The van der Waals surface area contributed by atoms with E-state index in [9.17, 15) is 9.59 Å². The van der Waals surface area contributed by atoms with Gasteiger partial charge >= 0.3 is 5.97 Å². The van der Waals surface area contributed by atoms with Gasteiger partial charge in [0.1, 0.15) is 9.53 Å². The van der Waals surface area contributed by atoms with E-state index in [2.05, 4.69) is 15.0 Å². The van der Waals surface area contributed by atoms with Gasteiger partial charge in [-0.1, -0.05) is 30.3 Å². The summed E-state index contributed by atoms with van der Waals surface area (Å²) in [6.07, 6.45) is 0. The number of thiophene rings is 1. The number of H-pyrrole nitrogens is 1. The molecule has 0 saturated carbocycles. The number of fused-ring (bicyclic) bond motifs is 3. The summed E-state index contributed by atoms with van der Waals surface area (Å²) >= 11 is 1.21. The Bertz CT molecular complexity index is 1120. The van der Waals surface area contributed by atoms with Gasteiger partial charge in [-0.2, -0.15) is 0 Å². The van der Waals surface area contributed by atoms with Crippen molar-refractivity contribution in [1.29, 1.82) is 0 Å². The maximum absolute atomic E-state index is 12.1. The molecule has 0 fully saturated rings. The topological polar surface area (TPSA) is 95.9 Å². The van der Waals surface area contributed by atoms with Crippen molar-refractivity contribution in [3.63, 3.8) is 0 Å². The Morgan fingerprint density at radius 3 is 2.61 bits per heavy atom. The summed E-state index contributed by atoms with van der Waals surface area (Å²) in [6, 6.07) is 13.4. The lowest BCUT2D eigenvalue weighted by Crippen LogP contribution is -2.14. The van der Waals surface area contributed by atoms with Crippen molar-refractivity contribution in [2.45, 2.75) is 0 Å².